The van der Waals surface area contributed by atoms with Crippen LogP contribution in [-0.4, -0.2) is 25.5 Å². The van der Waals surface area contributed by atoms with Gasteiger partial charge in [0.15, 0.2) is 15.5 Å². The summed E-state index contributed by atoms with van der Waals surface area (Å²) in [7, 11) is -3.55. The Bertz CT molecular complexity index is 876. The first kappa shape index (κ1) is 19.6. The minimum atomic E-state index is -3.55. The number of rotatable bonds is 5. The van der Waals surface area contributed by atoms with E-state index in [2.05, 4.69) is 31.3 Å². The van der Waals surface area contributed by atoms with Gasteiger partial charge in [-0.3, -0.25) is 10.1 Å². The molecule has 0 aliphatic heterocycles. The van der Waals surface area contributed by atoms with Crippen molar-refractivity contribution >= 4 is 54.9 Å². The fraction of sp³-hybridized carbons (Fsp3) is 0.200. The van der Waals surface area contributed by atoms with Crippen molar-refractivity contribution in [3.63, 3.8) is 0 Å². The van der Waals surface area contributed by atoms with Crippen LogP contribution in [-0.2, 0) is 10.0 Å². The van der Waals surface area contributed by atoms with Crippen molar-refractivity contribution in [1.82, 2.24) is 10.0 Å². The van der Waals surface area contributed by atoms with Gasteiger partial charge in [-0.1, -0.05) is 0 Å². The quantitative estimate of drug-likeness (QED) is 0.611. The highest BCUT2D eigenvalue weighted by Gasteiger charge is 2.15. The second-order valence-electron chi connectivity index (χ2n) is 5.31. The topological polar surface area (TPSA) is 100 Å². The number of amides is 1. The number of benzene rings is 1. The van der Waals surface area contributed by atoms with Crippen LogP contribution in [0, 0.1) is 0 Å². The smallest absolute Gasteiger partial charge is 0.293 e. The van der Waals surface area contributed by atoms with Crippen LogP contribution in [0.1, 0.15) is 24.4 Å². The Labute approximate surface area is 159 Å². The summed E-state index contributed by atoms with van der Waals surface area (Å²) in [4.78, 5) is 12.0. The van der Waals surface area contributed by atoms with Crippen LogP contribution in [0.25, 0.3) is 0 Å². The van der Waals surface area contributed by atoms with Crippen LogP contribution in [0.5, 0.6) is 0 Å². The van der Waals surface area contributed by atoms with E-state index in [9.17, 15) is 13.2 Å². The van der Waals surface area contributed by atoms with Crippen LogP contribution >= 0.6 is 28.1 Å². The summed E-state index contributed by atoms with van der Waals surface area (Å²) in [6.45, 7) is 3.48. The van der Waals surface area contributed by atoms with Gasteiger partial charge < -0.3 is 9.73 Å². The molecule has 0 bridgehead atoms. The van der Waals surface area contributed by atoms with Crippen LogP contribution in [0.4, 0.5) is 5.69 Å². The molecule has 0 atom stereocenters. The van der Waals surface area contributed by atoms with Gasteiger partial charge in [0.2, 0.25) is 10.0 Å². The molecule has 7 nitrogen and oxygen atoms in total. The van der Waals surface area contributed by atoms with Gasteiger partial charge in [-0.25, -0.2) is 13.1 Å². The molecule has 10 heteroatoms. The Hall–Kier alpha value is -1.75. The lowest BCUT2D eigenvalue weighted by Crippen LogP contribution is -2.34. The van der Waals surface area contributed by atoms with Crippen molar-refractivity contribution in [1.29, 1.82) is 0 Å². The zero-order valence-corrected chi connectivity index (χ0v) is 16.6. The first-order chi connectivity index (χ1) is 11.7. The van der Waals surface area contributed by atoms with E-state index in [1.165, 1.54) is 18.2 Å². The molecule has 0 unspecified atom stereocenters. The number of carbonyl (C=O) groups excluding carboxylic acids is 1. The molecule has 1 amide bonds. The van der Waals surface area contributed by atoms with Gasteiger partial charge in [-0.05, 0) is 78.4 Å². The first-order valence-electron chi connectivity index (χ1n) is 7.17. The molecule has 0 fully saturated rings. The second-order valence-corrected chi connectivity index (χ2v) is 8.22. The fourth-order valence-electron chi connectivity index (χ4n) is 1.86. The van der Waals surface area contributed by atoms with Crippen LogP contribution in [0.2, 0.25) is 0 Å². The first-order valence-corrected chi connectivity index (χ1v) is 9.86. The Morgan fingerprint density at radius 2 is 1.80 bits per heavy atom. The highest BCUT2D eigenvalue weighted by Crippen LogP contribution is 2.15. The number of anilines is 1. The maximum atomic E-state index is 12.1. The molecular weight excluding hydrogens is 430 g/mol. The molecule has 0 spiro atoms. The zero-order valence-electron chi connectivity index (χ0n) is 13.4. The number of carbonyl (C=O) groups is 1. The minimum Gasteiger partial charge on any atom is -0.444 e. The Kier molecular flexibility index (Phi) is 6.33. The van der Waals surface area contributed by atoms with E-state index in [0.717, 1.165) is 0 Å². The third-order valence-electron chi connectivity index (χ3n) is 2.84. The molecule has 2 rings (SSSR count). The molecule has 0 radical (unpaired) electrons. The number of thiocarbonyl (C=S) groups is 1. The Morgan fingerprint density at radius 3 is 2.32 bits per heavy atom. The number of hydrogen-bond acceptors (Lipinski definition) is 5. The molecule has 0 saturated heterocycles. The van der Waals surface area contributed by atoms with Gasteiger partial charge in [0.1, 0.15) is 0 Å². The summed E-state index contributed by atoms with van der Waals surface area (Å²) in [6, 6.07) is 8.89. The standard InChI is InChI=1S/C15H16BrN3O4S2/c1-9(2)19-25(21,22)11-5-3-10(4-6-11)17-15(24)18-14(20)12-7-8-13(16)23-12/h3-9,19H,1-2H3,(H2,17,18,20,24). The highest BCUT2D eigenvalue weighted by atomic mass is 79.9. The maximum Gasteiger partial charge on any atom is 0.293 e. The molecule has 1 aromatic carbocycles. The highest BCUT2D eigenvalue weighted by molar-refractivity contribution is 9.10. The van der Waals surface area contributed by atoms with Gasteiger partial charge >= 0.3 is 0 Å². The molecule has 0 aliphatic carbocycles. The predicted octanol–water partition coefficient (Wildman–Crippen LogP) is 2.86. The predicted molar refractivity (Wildman–Crippen MR) is 102 cm³/mol. The fourth-order valence-corrected chi connectivity index (χ4v) is 3.63. The van der Waals surface area contributed by atoms with Crippen LogP contribution in [0.15, 0.2) is 50.4 Å². The molecule has 25 heavy (non-hydrogen) atoms. The summed E-state index contributed by atoms with van der Waals surface area (Å²) in [5.74, 6) is -0.388. The average Bonchev–Trinajstić information content (AvgIpc) is 2.93. The SMILES string of the molecule is CC(C)NS(=O)(=O)c1ccc(NC(=S)NC(=O)c2ccc(Br)o2)cc1. The normalized spacial score (nSPS) is 11.4. The van der Waals surface area contributed by atoms with Crippen LogP contribution < -0.4 is 15.4 Å². The van der Waals surface area contributed by atoms with E-state index in [1.54, 1.807) is 32.0 Å². The van der Waals surface area contributed by atoms with Crippen molar-refractivity contribution < 1.29 is 17.6 Å². The lowest BCUT2D eigenvalue weighted by molar-refractivity contribution is 0.0949. The van der Waals surface area contributed by atoms with Crippen molar-refractivity contribution in [2.45, 2.75) is 24.8 Å². The summed E-state index contributed by atoms with van der Waals surface area (Å²) in [5, 5.41) is 5.33. The van der Waals surface area contributed by atoms with Gasteiger partial charge in [0, 0.05) is 11.7 Å². The van der Waals surface area contributed by atoms with Crippen molar-refractivity contribution in [3.05, 3.63) is 46.8 Å². The molecule has 0 saturated carbocycles. The van der Waals surface area contributed by atoms with Crippen LogP contribution in [0.3, 0.4) is 0 Å². The lowest BCUT2D eigenvalue weighted by Gasteiger charge is -2.11. The lowest BCUT2D eigenvalue weighted by atomic mass is 10.3. The summed E-state index contributed by atoms with van der Waals surface area (Å²) < 4.78 is 32.2. The summed E-state index contributed by atoms with van der Waals surface area (Å²) in [6.07, 6.45) is 0. The number of hydrogen-bond donors (Lipinski definition) is 3. The third kappa shape index (κ3) is 5.63. The number of nitrogens with one attached hydrogen (secondary N) is 3. The van der Waals surface area contributed by atoms with Crippen molar-refractivity contribution in [3.8, 4) is 0 Å². The van der Waals surface area contributed by atoms with E-state index in [4.69, 9.17) is 16.6 Å². The van der Waals surface area contributed by atoms with Crippen molar-refractivity contribution in [2.75, 3.05) is 5.32 Å². The third-order valence-corrected chi connectivity index (χ3v) is 5.14. The molecule has 3 N–H and O–H groups in total. The van der Waals surface area contributed by atoms with Gasteiger partial charge in [-0.15, -0.1) is 0 Å². The van der Waals surface area contributed by atoms with E-state index < -0.39 is 15.9 Å². The maximum absolute atomic E-state index is 12.1. The zero-order chi connectivity index (χ0) is 18.6. The van der Waals surface area contributed by atoms with E-state index in [0.29, 0.717) is 10.4 Å². The molecular formula is C15H16BrN3O4S2. The number of halogens is 1. The Balaban J connectivity index is 1.99. The van der Waals surface area contributed by atoms with E-state index in [1.807, 2.05) is 0 Å². The van der Waals surface area contributed by atoms with Crippen molar-refractivity contribution in [2.24, 2.45) is 0 Å². The van der Waals surface area contributed by atoms with Gasteiger partial charge in [0.05, 0.1) is 4.90 Å². The number of sulfonamides is 1. The summed E-state index contributed by atoms with van der Waals surface area (Å²) >= 11 is 8.16. The van der Waals surface area contributed by atoms with Gasteiger partial charge in [0.25, 0.3) is 5.91 Å². The molecule has 0 aliphatic rings. The molecule has 2 aromatic rings. The largest absolute Gasteiger partial charge is 0.444 e. The molecule has 134 valence electrons. The second kappa shape index (κ2) is 8.09. The van der Waals surface area contributed by atoms with E-state index in [-0.39, 0.29) is 21.8 Å². The Morgan fingerprint density at radius 1 is 1.16 bits per heavy atom. The number of furan rings is 1. The van der Waals surface area contributed by atoms with E-state index >= 15 is 0 Å². The molecule has 1 aromatic heterocycles. The van der Waals surface area contributed by atoms with Gasteiger partial charge in [-0.2, -0.15) is 0 Å². The molecule has 1 heterocycles. The average molecular weight is 446 g/mol. The monoisotopic (exact) mass is 445 g/mol. The summed E-state index contributed by atoms with van der Waals surface area (Å²) in [5.41, 5.74) is 0.537. The minimum absolute atomic E-state index is 0.0634.